The van der Waals surface area contributed by atoms with E-state index in [0.29, 0.717) is 6.54 Å². The first-order valence-electron chi connectivity index (χ1n) is 7.12. The summed E-state index contributed by atoms with van der Waals surface area (Å²) in [5, 5.41) is 11.7. The third kappa shape index (κ3) is 2.49. The molecule has 2 aliphatic rings. The van der Waals surface area contributed by atoms with Crippen molar-refractivity contribution in [3.63, 3.8) is 0 Å². The van der Waals surface area contributed by atoms with E-state index in [9.17, 15) is 4.79 Å². The van der Waals surface area contributed by atoms with Crippen molar-refractivity contribution in [3.8, 4) is 0 Å². The Hall–Kier alpha value is -1.43. The molecule has 0 radical (unpaired) electrons. The zero-order chi connectivity index (χ0) is 13.2. The molecule has 6 nitrogen and oxygen atoms in total. The van der Waals surface area contributed by atoms with E-state index in [1.165, 1.54) is 0 Å². The van der Waals surface area contributed by atoms with E-state index >= 15 is 0 Å². The summed E-state index contributed by atoms with van der Waals surface area (Å²) in [6, 6.07) is 0. The van der Waals surface area contributed by atoms with Crippen LogP contribution in [0.15, 0.2) is 0 Å². The van der Waals surface area contributed by atoms with Crippen molar-refractivity contribution in [3.05, 3.63) is 11.6 Å². The van der Waals surface area contributed by atoms with Gasteiger partial charge >= 0.3 is 0 Å². The van der Waals surface area contributed by atoms with Gasteiger partial charge in [0.1, 0.15) is 5.82 Å². The van der Waals surface area contributed by atoms with Gasteiger partial charge in [0, 0.05) is 26.6 Å². The van der Waals surface area contributed by atoms with Crippen molar-refractivity contribution >= 4 is 5.91 Å². The van der Waals surface area contributed by atoms with Crippen LogP contribution in [0.1, 0.15) is 30.9 Å². The minimum absolute atomic E-state index is 0.125. The fourth-order valence-electron chi connectivity index (χ4n) is 2.99. The Kier molecular flexibility index (Phi) is 3.50. The van der Waals surface area contributed by atoms with Crippen LogP contribution >= 0.6 is 0 Å². The van der Waals surface area contributed by atoms with Gasteiger partial charge in [-0.1, -0.05) is 0 Å². The Morgan fingerprint density at radius 3 is 3.16 bits per heavy atom. The molecule has 1 amide bonds. The van der Waals surface area contributed by atoms with Crippen LogP contribution in [0.5, 0.6) is 0 Å². The van der Waals surface area contributed by atoms with E-state index < -0.39 is 0 Å². The van der Waals surface area contributed by atoms with Gasteiger partial charge in [-0.15, -0.1) is 10.2 Å². The topological polar surface area (TPSA) is 63.1 Å². The van der Waals surface area contributed by atoms with Crippen molar-refractivity contribution in [1.82, 2.24) is 25.0 Å². The molecular formula is C13H21N5O. The molecule has 0 bridgehead atoms. The summed E-state index contributed by atoms with van der Waals surface area (Å²) in [6.07, 6.45) is 4.23. The highest BCUT2D eigenvalue weighted by Crippen LogP contribution is 2.17. The first kappa shape index (κ1) is 12.6. The van der Waals surface area contributed by atoms with E-state index in [1.54, 1.807) is 4.90 Å². The van der Waals surface area contributed by atoms with Gasteiger partial charge in [0.15, 0.2) is 5.82 Å². The van der Waals surface area contributed by atoms with E-state index in [0.717, 1.165) is 57.0 Å². The third-order valence-electron chi connectivity index (χ3n) is 4.09. The van der Waals surface area contributed by atoms with Crippen LogP contribution in [0.2, 0.25) is 0 Å². The van der Waals surface area contributed by atoms with Crippen molar-refractivity contribution in [2.45, 2.75) is 38.8 Å². The predicted molar refractivity (Wildman–Crippen MR) is 70.4 cm³/mol. The number of nitrogens with zero attached hydrogens (tertiary/aromatic N) is 4. The molecule has 0 saturated carbocycles. The Balaban J connectivity index is 1.63. The van der Waals surface area contributed by atoms with Gasteiger partial charge < -0.3 is 14.8 Å². The summed E-state index contributed by atoms with van der Waals surface area (Å²) in [7, 11) is 1.87. The molecule has 19 heavy (non-hydrogen) atoms. The summed E-state index contributed by atoms with van der Waals surface area (Å²) in [5.74, 6) is 2.34. The summed E-state index contributed by atoms with van der Waals surface area (Å²) in [5.41, 5.74) is 0. The highest BCUT2D eigenvalue weighted by atomic mass is 16.2. The maximum absolute atomic E-state index is 12.4. The molecule has 1 unspecified atom stereocenters. The fraction of sp³-hybridized carbons (Fsp3) is 0.769. The van der Waals surface area contributed by atoms with Gasteiger partial charge in [-0.25, -0.2) is 0 Å². The second-order valence-electron chi connectivity index (χ2n) is 5.53. The van der Waals surface area contributed by atoms with Gasteiger partial charge in [-0.2, -0.15) is 0 Å². The minimum atomic E-state index is 0.125. The lowest BCUT2D eigenvalue weighted by Gasteiger charge is -2.26. The Labute approximate surface area is 113 Å². The van der Waals surface area contributed by atoms with Gasteiger partial charge in [0.05, 0.1) is 12.5 Å². The number of hydrogen-bond donors (Lipinski definition) is 1. The average molecular weight is 263 g/mol. The summed E-state index contributed by atoms with van der Waals surface area (Å²) < 4.78 is 2.16. The molecular weight excluding hydrogens is 242 g/mol. The molecule has 1 aromatic heterocycles. The smallest absolute Gasteiger partial charge is 0.227 e. The normalized spacial score (nSPS) is 22.3. The maximum atomic E-state index is 12.4. The number of amides is 1. The Bertz CT molecular complexity index is 464. The number of aryl methyl sites for hydroxylation is 1. The molecule has 2 aliphatic heterocycles. The molecule has 6 heteroatoms. The molecule has 3 heterocycles. The largest absolute Gasteiger partial charge is 0.338 e. The number of nitrogens with one attached hydrogen (secondary N) is 1. The van der Waals surface area contributed by atoms with Crippen LogP contribution in [0.4, 0.5) is 0 Å². The second kappa shape index (κ2) is 5.28. The number of fused-ring (bicyclic) bond motifs is 1. The maximum Gasteiger partial charge on any atom is 0.227 e. The summed E-state index contributed by atoms with van der Waals surface area (Å²) in [4.78, 5) is 14.2. The van der Waals surface area contributed by atoms with Crippen molar-refractivity contribution in [1.29, 1.82) is 0 Å². The van der Waals surface area contributed by atoms with E-state index in [-0.39, 0.29) is 11.8 Å². The van der Waals surface area contributed by atoms with Gasteiger partial charge in [0.25, 0.3) is 0 Å². The van der Waals surface area contributed by atoms with Crippen LogP contribution < -0.4 is 5.32 Å². The van der Waals surface area contributed by atoms with Crippen LogP contribution in [0, 0.1) is 5.92 Å². The Morgan fingerprint density at radius 1 is 1.47 bits per heavy atom. The van der Waals surface area contributed by atoms with E-state index in [2.05, 4.69) is 20.1 Å². The molecule has 0 spiro atoms. The molecule has 3 rings (SSSR count). The number of hydrogen-bond acceptors (Lipinski definition) is 4. The molecule has 0 aliphatic carbocycles. The first-order valence-corrected chi connectivity index (χ1v) is 7.12. The Morgan fingerprint density at radius 2 is 2.37 bits per heavy atom. The molecule has 1 N–H and O–H groups in total. The standard InChI is InChI=1S/C13H21N5O/c1-17(13(19)10-4-2-6-14-8-10)9-12-16-15-11-5-3-7-18(11)12/h10,14H,2-9H2,1H3. The zero-order valence-electron chi connectivity index (χ0n) is 11.4. The van der Waals surface area contributed by atoms with Crippen LogP contribution in [-0.4, -0.2) is 45.7 Å². The molecule has 0 aromatic carbocycles. The SMILES string of the molecule is CN(Cc1nnc2n1CCC2)C(=O)C1CCCNC1. The number of carbonyl (C=O) groups is 1. The van der Waals surface area contributed by atoms with Gasteiger partial charge in [0.2, 0.25) is 5.91 Å². The van der Waals surface area contributed by atoms with Crippen LogP contribution in [-0.2, 0) is 24.3 Å². The lowest BCUT2D eigenvalue weighted by atomic mass is 9.98. The minimum Gasteiger partial charge on any atom is -0.338 e. The summed E-state index contributed by atoms with van der Waals surface area (Å²) in [6.45, 7) is 3.40. The highest BCUT2D eigenvalue weighted by Gasteiger charge is 2.26. The molecule has 104 valence electrons. The molecule has 1 atom stereocenters. The van der Waals surface area contributed by atoms with Gasteiger partial charge in [-0.3, -0.25) is 4.79 Å². The van der Waals surface area contributed by atoms with Crippen molar-refractivity contribution in [2.24, 2.45) is 5.92 Å². The second-order valence-corrected chi connectivity index (χ2v) is 5.53. The number of rotatable bonds is 3. The van der Waals surface area contributed by atoms with Crippen molar-refractivity contribution < 1.29 is 4.79 Å². The fourth-order valence-corrected chi connectivity index (χ4v) is 2.99. The summed E-state index contributed by atoms with van der Waals surface area (Å²) >= 11 is 0. The number of piperidine rings is 1. The lowest BCUT2D eigenvalue weighted by molar-refractivity contribution is -0.135. The molecule has 1 fully saturated rings. The third-order valence-corrected chi connectivity index (χ3v) is 4.09. The number of aromatic nitrogens is 3. The van der Waals surface area contributed by atoms with Crippen LogP contribution in [0.25, 0.3) is 0 Å². The van der Waals surface area contributed by atoms with E-state index in [1.807, 2.05) is 7.05 Å². The first-order chi connectivity index (χ1) is 9.25. The van der Waals surface area contributed by atoms with E-state index in [4.69, 9.17) is 0 Å². The van der Waals surface area contributed by atoms with Crippen molar-refractivity contribution in [2.75, 3.05) is 20.1 Å². The quantitative estimate of drug-likeness (QED) is 0.845. The van der Waals surface area contributed by atoms with Gasteiger partial charge in [-0.05, 0) is 25.8 Å². The number of carbonyl (C=O) groups excluding carboxylic acids is 1. The molecule has 1 aromatic rings. The predicted octanol–water partition coefficient (Wildman–Crippen LogP) is 0.182. The lowest BCUT2D eigenvalue weighted by Crippen LogP contribution is -2.41. The average Bonchev–Trinajstić information content (AvgIpc) is 3.04. The monoisotopic (exact) mass is 263 g/mol. The highest BCUT2D eigenvalue weighted by molar-refractivity contribution is 5.78. The zero-order valence-corrected chi connectivity index (χ0v) is 11.4. The van der Waals surface area contributed by atoms with Crippen LogP contribution in [0.3, 0.4) is 0 Å². The molecule has 1 saturated heterocycles.